The predicted octanol–water partition coefficient (Wildman–Crippen LogP) is 4.33. The van der Waals surface area contributed by atoms with Crippen LogP contribution in [0.5, 0.6) is 0 Å². The van der Waals surface area contributed by atoms with Gasteiger partial charge in [-0.05, 0) is 41.6 Å². The van der Waals surface area contributed by atoms with Crippen molar-refractivity contribution in [1.29, 1.82) is 0 Å². The van der Waals surface area contributed by atoms with Gasteiger partial charge < -0.3 is 4.57 Å². The number of benzene rings is 1. The van der Waals surface area contributed by atoms with Gasteiger partial charge in [-0.2, -0.15) is 0 Å². The summed E-state index contributed by atoms with van der Waals surface area (Å²) in [7, 11) is 0. The Hall–Kier alpha value is -2.13. The number of aryl methyl sites for hydroxylation is 1. The standard InChI is InChI=1S/C16H14ClN3/c1-2-3-9-20-10-7-12-4-5-13(11-15(12)20)14-6-8-18-16(17)19-14/h2,4-8,10-11H,1,3,9H2. The monoisotopic (exact) mass is 283 g/mol. The summed E-state index contributed by atoms with van der Waals surface area (Å²) in [6.07, 6.45) is 6.66. The zero-order chi connectivity index (χ0) is 13.9. The first kappa shape index (κ1) is 12.9. The fourth-order valence-corrected chi connectivity index (χ4v) is 2.41. The predicted molar refractivity (Wildman–Crippen MR) is 82.8 cm³/mol. The number of nitrogens with zero attached hydrogens (tertiary/aromatic N) is 3. The van der Waals surface area contributed by atoms with Crippen LogP contribution in [0.15, 0.2) is 55.4 Å². The van der Waals surface area contributed by atoms with Crippen LogP contribution in [0.1, 0.15) is 6.42 Å². The van der Waals surface area contributed by atoms with Crippen molar-refractivity contribution in [3.63, 3.8) is 0 Å². The zero-order valence-corrected chi connectivity index (χ0v) is 11.7. The Morgan fingerprint density at radius 2 is 2.15 bits per heavy atom. The molecule has 100 valence electrons. The topological polar surface area (TPSA) is 30.7 Å². The molecule has 2 aromatic heterocycles. The molecular weight excluding hydrogens is 270 g/mol. The molecular formula is C16H14ClN3. The molecule has 0 atom stereocenters. The summed E-state index contributed by atoms with van der Waals surface area (Å²) >= 11 is 5.85. The van der Waals surface area contributed by atoms with E-state index in [0.717, 1.165) is 24.2 Å². The Kier molecular flexibility index (Phi) is 3.52. The Morgan fingerprint density at radius 1 is 1.25 bits per heavy atom. The van der Waals surface area contributed by atoms with E-state index in [4.69, 9.17) is 11.6 Å². The summed E-state index contributed by atoms with van der Waals surface area (Å²) in [4.78, 5) is 8.17. The lowest BCUT2D eigenvalue weighted by molar-refractivity contribution is 0.739. The molecule has 0 amide bonds. The van der Waals surface area contributed by atoms with Crippen molar-refractivity contribution in [3.8, 4) is 11.3 Å². The average Bonchev–Trinajstić information content (AvgIpc) is 2.87. The number of rotatable bonds is 4. The normalized spacial score (nSPS) is 10.8. The van der Waals surface area contributed by atoms with Crippen molar-refractivity contribution in [3.05, 3.63) is 60.7 Å². The summed E-state index contributed by atoms with van der Waals surface area (Å²) < 4.78 is 2.23. The highest BCUT2D eigenvalue weighted by Crippen LogP contribution is 2.24. The smallest absolute Gasteiger partial charge is 0.222 e. The van der Waals surface area contributed by atoms with Gasteiger partial charge in [0, 0.05) is 30.0 Å². The fraction of sp³-hybridized carbons (Fsp3) is 0.125. The number of fused-ring (bicyclic) bond motifs is 1. The SMILES string of the molecule is C=CCCn1ccc2ccc(-c3ccnc(Cl)n3)cc21. The van der Waals surface area contributed by atoms with Gasteiger partial charge in [-0.25, -0.2) is 9.97 Å². The van der Waals surface area contributed by atoms with E-state index < -0.39 is 0 Å². The van der Waals surface area contributed by atoms with E-state index in [1.807, 2.05) is 12.1 Å². The van der Waals surface area contributed by atoms with E-state index in [9.17, 15) is 0 Å². The minimum absolute atomic E-state index is 0.268. The lowest BCUT2D eigenvalue weighted by atomic mass is 10.1. The average molecular weight is 284 g/mol. The lowest BCUT2D eigenvalue weighted by Gasteiger charge is -2.05. The third kappa shape index (κ3) is 2.45. The minimum atomic E-state index is 0.268. The third-order valence-corrected chi connectivity index (χ3v) is 3.45. The Morgan fingerprint density at radius 3 is 2.95 bits per heavy atom. The molecule has 0 N–H and O–H groups in total. The van der Waals surface area contributed by atoms with Gasteiger partial charge in [-0.1, -0.05) is 18.2 Å². The molecule has 0 bridgehead atoms. The van der Waals surface area contributed by atoms with E-state index in [1.54, 1.807) is 6.20 Å². The number of hydrogen-bond acceptors (Lipinski definition) is 2. The van der Waals surface area contributed by atoms with Crippen molar-refractivity contribution >= 4 is 22.5 Å². The first-order valence-electron chi connectivity index (χ1n) is 6.46. The fourth-order valence-electron chi connectivity index (χ4n) is 2.26. The molecule has 2 heterocycles. The van der Waals surface area contributed by atoms with Crippen LogP contribution >= 0.6 is 11.6 Å². The van der Waals surface area contributed by atoms with E-state index in [1.165, 1.54) is 10.9 Å². The van der Waals surface area contributed by atoms with Crippen molar-refractivity contribution in [2.24, 2.45) is 0 Å². The second-order valence-corrected chi connectivity index (χ2v) is 4.91. The number of hydrogen-bond donors (Lipinski definition) is 0. The van der Waals surface area contributed by atoms with Gasteiger partial charge in [-0.15, -0.1) is 6.58 Å². The van der Waals surface area contributed by atoms with E-state index >= 15 is 0 Å². The minimum Gasteiger partial charge on any atom is -0.347 e. The largest absolute Gasteiger partial charge is 0.347 e. The van der Waals surface area contributed by atoms with Gasteiger partial charge >= 0.3 is 0 Å². The van der Waals surface area contributed by atoms with Gasteiger partial charge in [-0.3, -0.25) is 0 Å². The second-order valence-electron chi connectivity index (χ2n) is 4.57. The number of allylic oxidation sites excluding steroid dienone is 1. The molecule has 1 aromatic carbocycles. The Labute approximate surface area is 122 Å². The molecule has 0 spiro atoms. The van der Waals surface area contributed by atoms with Gasteiger partial charge in [0.2, 0.25) is 5.28 Å². The van der Waals surface area contributed by atoms with Crippen LogP contribution in [0.3, 0.4) is 0 Å². The highest BCUT2D eigenvalue weighted by molar-refractivity contribution is 6.28. The van der Waals surface area contributed by atoms with Gasteiger partial charge in [0.1, 0.15) is 0 Å². The van der Waals surface area contributed by atoms with Crippen LogP contribution in [0.2, 0.25) is 5.28 Å². The highest BCUT2D eigenvalue weighted by Gasteiger charge is 2.05. The molecule has 0 fully saturated rings. The summed E-state index contributed by atoms with van der Waals surface area (Å²) in [5.41, 5.74) is 3.07. The van der Waals surface area contributed by atoms with Crippen molar-refractivity contribution in [2.45, 2.75) is 13.0 Å². The number of halogens is 1. The summed E-state index contributed by atoms with van der Waals surface area (Å²) in [6.45, 7) is 4.70. The molecule has 0 aliphatic rings. The highest BCUT2D eigenvalue weighted by atomic mass is 35.5. The molecule has 0 radical (unpaired) electrons. The van der Waals surface area contributed by atoms with Gasteiger partial charge in [0.05, 0.1) is 5.69 Å². The zero-order valence-electron chi connectivity index (χ0n) is 11.0. The van der Waals surface area contributed by atoms with Gasteiger partial charge in [0.25, 0.3) is 0 Å². The molecule has 0 unspecified atom stereocenters. The summed E-state index contributed by atoms with van der Waals surface area (Å²) in [5.74, 6) is 0. The first-order valence-corrected chi connectivity index (χ1v) is 6.84. The van der Waals surface area contributed by atoms with Crippen LogP contribution in [0, 0.1) is 0 Å². The molecule has 0 saturated heterocycles. The number of aromatic nitrogens is 3. The second kappa shape index (κ2) is 5.47. The molecule has 3 nitrogen and oxygen atoms in total. The molecule has 3 rings (SSSR count). The van der Waals surface area contributed by atoms with Crippen LogP contribution < -0.4 is 0 Å². The Balaban J connectivity index is 2.06. The van der Waals surface area contributed by atoms with E-state index in [0.29, 0.717) is 0 Å². The first-order chi connectivity index (χ1) is 9.78. The molecule has 4 heteroatoms. The molecule has 0 saturated carbocycles. The maximum Gasteiger partial charge on any atom is 0.222 e. The summed E-state index contributed by atoms with van der Waals surface area (Å²) in [6, 6.07) is 10.3. The van der Waals surface area contributed by atoms with Crippen LogP contribution in [-0.4, -0.2) is 14.5 Å². The van der Waals surface area contributed by atoms with E-state index in [-0.39, 0.29) is 5.28 Å². The quantitative estimate of drug-likeness (QED) is 0.527. The molecule has 20 heavy (non-hydrogen) atoms. The summed E-state index contributed by atoms with van der Waals surface area (Å²) in [5, 5.41) is 1.49. The van der Waals surface area contributed by atoms with Gasteiger partial charge in [0.15, 0.2) is 0 Å². The van der Waals surface area contributed by atoms with E-state index in [2.05, 4.69) is 51.6 Å². The molecule has 0 aliphatic carbocycles. The lowest BCUT2D eigenvalue weighted by Crippen LogP contribution is -1.94. The van der Waals surface area contributed by atoms with Crippen LogP contribution in [-0.2, 0) is 6.54 Å². The maximum absolute atomic E-state index is 5.85. The maximum atomic E-state index is 5.85. The molecule has 3 aromatic rings. The third-order valence-electron chi connectivity index (χ3n) is 3.27. The van der Waals surface area contributed by atoms with Crippen molar-refractivity contribution in [1.82, 2.24) is 14.5 Å². The van der Waals surface area contributed by atoms with Crippen molar-refractivity contribution in [2.75, 3.05) is 0 Å². The van der Waals surface area contributed by atoms with Crippen LogP contribution in [0.4, 0.5) is 0 Å². The van der Waals surface area contributed by atoms with Crippen molar-refractivity contribution < 1.29 is 0 Å². The Bertz CT molecular complexity index is 761. The van der Waals surface area contributed by atoms with Crippen LogP contribution in [0.25, 0.3) is 22.2 Å². The molecule has 0 aliphatic heterocycles.